The van der Waals surface area contributed by atoms with Crippen LogP contribution in [0, 0.1) is 11.8 Å². The first-order valence-corrected chi connectivity index (χ1v) is 12.0. The van der Waals surface area contributed by atoms with Gasteiger partial charge >= 0.3 is 12.3 Å². The van der Waals surface area contributed by atoms with Crippen molar-refractivity contribution >= 4 is 17.9 Å². The molecule has 0 heterocycles. The Morgan fingerprint density at radius 3 is 2.31 bits per heavy atom. The van der Waals surface area contributed by atoms with Gasteiger partial charge in [-0.3, -0.25) is 9.59 Å². The molecule has 0 saturated heterocycles. The number of carbonyl (C=O) groups is 3. The number of hydrogen-bond donors (Lipinski definition) is 4. The third-order valence-electron chi connectivity index (χ3n) is 6.50. The van der Waals surface area contributed by atoms with E-state index in [1.165, 1.54) is 11.0 Å². The number of aliphatic hydroxyl groups is 1. The smallest absolute Gasteiger partial charge is 0.416 e. The molecule has 1 aromatic rings. The largest absolute Gasteiger partial charge is 0.465 e. The van der Waals surface area contributed by atoms with Crippen molar-refractivity contribution in [1.82, 2.24) is 15.5 Å². The number of amides is 3. The van der Waals surface area contributed by atoms with Crippen LogP contribution in [0.1, 0.15) is 69.8 Å². The molecule has 0 spiro atoms. The number of rotatable bonds is 7. The van der Waals surface area contributed by atoms with E-state index in [-0.39, 0.29) is 17.5 Å². The Balaban J connectivity index is 2.07. The Bertz CT molecular complexity index is 946. The van der Waals surface area contributed by atoms with Crippen molar-refractivity contribution in [3.8, 4) is 0 Å². The highest BCUT2D eigenvalue weighted by Crippen LogP contribution is 2.35. The van der Waals surface area contributed by atoms with Gasteiger partial charge in [0.1, 0.15) is 0 Å². The summed E-state index contributed by atoms with van der Waals surface area (Å²) in [6.45, 7) is 8.62. The van der Waals surface area contributed by atoms with Crippen LogP contribution in [0.2, 0.25) is 0 Å². The summed E-state index contributed by atoms with van der Waals surface area (Å²) in [5.41, 5.74) is -1.83. The number of hydrogen-bond acceptors (Lipinski definition) is 4. The van der Waals surface area contributed by atoms with Crippen LogP contribution in [0.3, 0.4) is 0 Å². The summed E-state index contributed by atoms with van der Waals surface area (Å²) in [7, 11) is 0. The molecule has 1 aliphatic carbocycles. The first-order valence-electron chi connectivity index (χ1n) is 12.0. The minimum absolute atomic E-state index is 0.137. The molecule has 8 nitrogen and oxygen atoms in total. The van der Waals surface area contributed by atoms with Gasteiger partial charge in [-0.25, -0.2) is 4.79 Å². The van der Waals surface area contributed by atoms with Gasteiger partial charge in [-0.15, -0.1) is 0 Å². The second-order valence-corrected chi connectivity index (χ2v) is 10.6. The van der Waals surface area contributed by atoms with Crippen LogP contribution < -0.4 is 10.6 Å². The van der Waals surface area contributed by atoms with Gasteiger partial charge in [-0.05, 0) is 64.2 Å². The molecule has 2 rings (SSSR count). The molecule has 1 fully saturated rings. The zero-order valence-electron chi connectivity index (χ0n) is 21.2. The second-order valence-electron chi connectivity index (χ2n) is 10.6. The second kappa shape index (κ2) is 11.5. The molecule has 0 unspecified atom stereocenters. The fourth-order valence-electron chi connectivity index (χ4n) is 4.82. The highest BCUT2D eigenvalue weighted by atomic mass is 19.4. The van der Waals surface area contributed by atoms with Gasteiger partial charge in [0.2, 0.25) is 5.91 Å². The molecule has 0 bridgehead atoms. The lowest BCUT2D eigenvalue weighted by molar-refractivity contribution is -0.137. The van der Waals surface area contributed by atoms with Crippen molar-refractivity contribution in [2.45, 2.75) is 83.8 Å². The number of alkyl halides is 3. The Hall–Kier alpha value is -2.82. The molecule has 36 heavy (non-hydrogen) atoms. The number of nitrogens with zero attached hydrogens (tertiary/aromatic N) is 1. The summed E-state index contributed by atoms with van der Waals surface area (Å²) >= 11 is 0. The summed E-state index contributed by atoms with van der Waals surface area (Å²) < 4.78 is 38.7. The van der Waals surface area contributed by atoms with Crippen molar-refractivity contribution < 1.29 is 37.8 Å². The number of nitrogens with one attached hydrogen (secondary N) is 2. The highest BCUT2D eigenvalue weighted by molar-refractivity contribution is 5.96. The number of carbonyl (C=O) groups excluding carboxylic acids is 2. The van der Waals surface area contributed by atoms with Gasteiger partial charge in [0.15, 0.2) is 0 Å². The molecular formula is C25H36F3N3O5. The van der Waals surface area contributed by atoms with Gasteiger partial charge in [0.25, 0.3) is 5.91 Å². The Labute approximate surface area is 209 Å². The van der Waals surface area contributed by atoms with Crippen LogP contribution in [0.4, 0.5) is 18.0 Å². The van der Waals surface area contributed by atoms with Crippen molar-refractivity contribution in [3.63, 3.8) is 0 Å². The van der Waals surface area contributed by atoms with Crippen LogP contribution in [-0.4, -0.2) is 63.3 Å². The van der Waals surface area contributed by atoms with Crippen molar-refractivity contribution in [2.24, 2.45) is 11.8 Å². The zero-order chi connectivity index (χ0) is 27.4. The minimum Gasteiger partial charge on any atom is -0.465 e. The van der Waals surface area contributed by atoms with Gasteiger partial charge in [0.05, 0.1) is 18.2 Å². The average molecular weight is 516 g/mol. The Morgan fingerprint density at radius 2 is 1.78 bits per heavy atom. The summed E-state index contributed by atoms with van der Waals surface area (Å²) in [5.74, 6) is -1.93. The molecule has 202 valence electrons. The van der Waals surface area contributed by atoms with E-state index in [1.54, 1.807) is 20.8 Å². The molecule has 4 atom stereocenters. The molecule has 11 heteroatoms. The van der Waals surface area contributed by atoms with E-state index < -0.39 is 59.8 Å². The van der Waals surface area contributed by atoms with Gasteiger partial charge in [-0.2, -0.15) is 13.2 Å². The lowest BCUT2D eigenvalue weighted by atomic mass is 9.74. The third kappa shape index (κ3) is 7.59. The standard InChI is InChI=1S/C25H36F3N3O5/c1-14(2)21(33)18-12-17(31(23(35)36)24(3,4)5)9-10-19(18)30-20(32)13-29-22(34)15-7-6-8-16(11-15)25(26,27)28/h6-8,11,14,17-19,21,33H,9-10,12-13H2,1-5H3,(H,29,34)(H,30,32)(H,35,36)/t17-,18-,19+,21+/m1/s1. The Morgan fingerprint density at radius 1 is 1.14 bits per heavy atom. The van der Waals surface area contributed by atoms with Crippen LogP contribution in [-0.2, 0) is 11.0 Å². The van der Waals surface area contributed by atoms with E-state index in [0.717, 1.165) is 12.1 Å². The van der Waals surface area contributed by atoms with Gasteiger partial charge in [-0.1, -0.05) is 19.9 Å². The highest BCUT2D eigenvalue weighted by Gasteiger charge is 2.42. The minimum atomic E-state index is -4.60. The monoisotopic (exact) mass is 515 g/mol. The normalized spacial score (nSPS) is 21.6. The predicted molar refractivity (Wildman–Crippen MR) is 127 cm³/mol. The maximum atomic E-state index is 12.9. The molecule has 1 aromatic carbocycles. The fraction of sp³-hybridized carbons (Fsp3) is 0.640. The van der Waals surface area contributed by atoms with E-state index in [4.69, 9.17) is 0 Å². The molecule has 4 N–H and O–H groups in total. The number of halogens is 3. The summed E-state index contributed by atoms with van der Waals surface area (Å²) in [5, 5.41) is 25.8. The van der Waals surface area contributed by atoms with Crippen LogP contribution >= 0.6 is 0 Å². The number of benzene rings is 1. The molecule has 0 aliphatic heterocycles. The van der Waals surface area contributed by atoms with Gasteiger partial charge < -0.3 is 25.7 Å². The average Bonchev–Trinajstić information content (AvgIpc) is 2.76. The maximum Gasteiger partial charge on any atom is 0.416 e. The summed E-state index contributed by atoms with van der Waals surface area (Å²) in [4.78, 5) is 38.2. The summed E-state index contributed by atoms with van der Waals surface area (Å²) in [6.07, 6.45) is -5.19. The number of carboxylic acid groups (broad SMARTS) is 1. The van der Waals surface area contributed by atoms with Crippen LogP contribution in [0.5, 0.6) is 0 Å². The zero-order valence-corrected chi connectivity index (χ0v) is 21.2. The third-order valence-corrected chi connectivity index (χ3v) is 6.50. The lowest BCUT2D eigenvalue weighted by Crippen LogP contribution is -2.58. The molecular weight excluding hydrogens is 479 g/mol. The quantitative estimate of drug-likeness (QED) is 0.440. The van der Waals surface area contributed by atoms with Crippen molar-refractivity contribution in [1.29, 1.82) is 0 Å². The molecule has 1 aliphatic rings. The van der Waals surface area contributed by atoms with Gasteiger partial charge in [0, 0.05) is 29.1 Å². The van der Waals surface area contributed by atoms with Crippen LogP contribution in [0.25, 0.3) is 0 Å². The fourth-order valence-corrected chi connectivity index (χ4v) is 4.82. The van der Waals surface area contributed by atoms with E-state index in [0.29, 0.717) is 25.3 Å². The van der Waals surface area contributed by atoms with Crippen LogP contribution in [0.15, 0.2) is 24.3 Å². The maximum absolute atomic E-state index is 12.9. The van der Waals surface area contributed by atoms with E-state index in [1.807, 2.05) is 13.8 Å². The number of aliphatic hydroxyl groups excluding tert-OH is 1. The van der Waals surface area contributed by atoms with E-state index in [9.17, 15) is 37.8 Å². The van der Waals surface area contributed by atoms with Crippen molar-refractivity contribution in [3.05, 3.63) is 35.4 Å². The molecule has 0 radical (unpaired) electrons. The Kier molecular flexibility index (Phi) is 9.39. The first-order chi connectivity index (χ1) is 16.5. The lowest BCUT2D eigenvalue weighted by Gasteiger charge is -2.47. The molecule has 3 amide bonds. The topological polar surface area (TPSA) is 119 Å². The van der Waals surface area contributed by atoms with Crippen molar-refractivity contribution in [2.75, 3.05) is 6.54 Å². The van der Waals surface area contributed by atoms with E-state index >= 15 is 0 Å². The predicted octanol–water partition coefficient (Wildman–Crippen LogP) is 3.88. The van der Waals surface area contributed by atoms with E-state index in [2.05, 4.69) is 10.6 Å². The molecule has 1 saturated carbocycles. The summed E-state index contributed by atoms with van der Waals surface area (Å²) in [6, 6.07) is 3.12. The SMILES string of the molecule is CC(C)[C@H](O)[C@@H]1C[C@H](N(C(=O)O)C(C)(C)C)CC[C@@H]1NC(=O)CNC(=O)c1cccc(C(F)(F)F)c1. The molecule has 0 aromatic heterocycles. The first kappa shape index (κ1) is 29.4.